The molecule has 0 spiro atoms. The zero-order chi connectivity index (χ0) is 14.4. The van der Waals surface area contributed by atoms with Crippen LogP contribution in [0.5, 0.6) is 0 Å². The Balaban J connectivity index is 1.85. The summed E-state index contributed by atoms with van der Waals surface area (Å²) in [6.07, 6.45) is 3.35. The second-order valence-electron chi connectivity index (χ2n) is 4.94. The Morgan fingerprint density at radius 2 is 2.15 bits per heavy atom. The first-order chi connectivity index (χ1) is 9.62. The van der Waals surface area contributed by atoms with Crippen molar-refractivity contribution in [2.75, 3.05) is 26.7 Å². The van der Waals surface area contributed by atoms with Gasteiger partial charge in [0.2, 0.25) is 0 Å². The summed E-state index contributed by atoms with van der Waals surface area (Å²) in [5, 5.41) is 10.7. The summed E-state index contributed by atoms with van der Waals surface area (Å²) in [7, 11) is -1.50. The minimum atomic E-state index is -3.42. The number of hydrogen-bond acceptors (Lipinski definition) is 5. The fourth-order valence-corrected chi connectivity index (χ4v) is 3.53. The first-order valence-corrected chi connectivity index (χ1v) is 8.22. The van der Waals surface area contributed by atoms with Crippen molar-refractivity contribution in [2.24, 2.45) is 5.92 Å². The lowest BCUT2D eigenvalue weighted by atomic mass is 9.98. The topological polar surface area (TPSA) is 87.2 Å². The van der Waals surface area contributed by atoms with Gasteiger partial charge in [-0.05, 0) is 44.5 Å². The molecule has 2 heterocycles. The molecule has 0 aromatic carbocycles. The number of piperidine rings is 1. The van der Waals surface area contributed by atoms with Crippen molar-refractivity contribution >= 4 is 10.2 Å². The largest absolute Gasteiger partial charge is 0.319 e. The van der Waals surface area contributed by atoms with Gasteiger partial charge in [0.1, 0.15) is 0 Å². The van der Waals surface area contributed by atoms with Crippen LogP contribution >= 0.6 is 0 Å². The highest BCUT2D eigenvalue weighted by Crippen LogP contribution is 2.18. The molecule has 0 unspecified atom stereocenters. The Bertz CT molecular complexity index is 500. The maximum atomic E-state index is 12.2. The van der Waals surface area contributed by atoms with Crippen LogP contribution in [-0.2, 0) is 16.8 Å². The molecule has 0 atom stereocenters. The van der Waals surface area contributed by atoms with E-state index in [1.54, 1.807) is 18.3 Å². The second-order valence-corrected chi connectivity index (χ2v) is 6.70. The minimum Gasteiger partial charge on any atom is -0.319 e. The van der Waals surface area contributed by atoms with E-state index in [-0.39, 0.29) is 6.54 Å². The van der Waals surface area contributed by atoms with Crippen molar-refractivity contribution in [3.8, 4) is 0 Å². The highest BCUT2D eigenvalue weighted by Gasteiger charge is 2.27. The average molecular weight is 299 g/mol. The van der Waals surface area contributed by atoms with Gasteiger partial charge in [0.15, 0.2) is 0 Å². The fourth-order valence-electron chi connectivity index (χ4n) is 2.33. The van der Waals surface area contributed by atoms with Crippen LogP contribution in [0.2, 0.25) is 0 Å². The zero-order valence-electron chi connectivity index (χ0n) is 11.6. The molecule has 1 aliphatic heterocycles. The lowest BCUT2D eigenvalue weighted by Crippen LogP contribution is -2.45. The van der Waals surface area contributed by atoms with Crippen molar-refractivity contribution < 1.29 is 8.42 Å². The number of nitrogens with one attached hydrogen (secondary N) is 2. The molecule has 0 bridgehead atoms. The predicted molar refractivity (Wildman–Crippen MR) is 76.0 cm³/mol. The van der Waals surface area contributed by atoms with Gasteiger partial charge in [-0.15, -0.1) is 0 Å². The summed E-state index contributed by atoms with van der Waals surface area (Å²) in [4.78, 5) is 0. The Kier molecular flexibility index (Phi) is 5.41. The molecule has 2 N–H and O–H groups in total. The highest BCUT2D eigenvalue weighted by atomic mass is 32.2. The SMILES string of the molecule is CNCC1CCN(S(=O)(=O)NCc2cccnn2)CC1. The molecule has 7 nitrogen and oxygen atoms in total. The van der Waals surface area contributed by atoms with E-state index in [4.69, 9.17) is 0 Å². The molecule has 0 amide bonds. The van der Waals surface area contributed by atoms with E-state index < -0.39 is 10.2 Å². The van der Waals surface area contributed by atoms with Crippen LogP contribution in [0, 0.1) is 5.92 Å². The van der Waals surface area contributed by atoms with E-state index in [1.807, 2.05) is 7.05 Å². The number of rotatable bonds is 6. The molecule has 1 fully saturated rings. The smallest absolute Gasteiger partial charge is 0.279 e. The lowest BCUT2D eigenvalue weighted by Gasteiger charge is -2.31. The number of nitrogens with zero attached hydrogens (tertiary/aromatic N) is 3. The van der Waals surface area contributed by atoms with Gasteiger partial charge in [-0.1, -0.05) is 0 Å². The van der Waals surface area contributed by atoms with Crippen LogP contribution in [0.4, 0.5) is 0 Å². The van der Waals surface area contributed by atoms with Gasteiger partial charge in [-0.2, -0.15) is 27.6 Å². The summed E-state index contributed by atoms with van der Waals surface area (Å²) in [6, 6.07) is 3.48. The molecule has 1 saturated heterocycles. The number of hydrogen-bond donors (Lipinski definition) is 2. The van der Waals surface area contributed by atoms with Gasteiger partial charge in [0.25, 0.3) is 10.2 Å². The fraction of sp³-hybridized carbons (Fsp3) is 0.667. The third-order valence-electron chi connectivity index (χ3n) is 3.47. The Morgan fingerprint density at radius 1 is 1.40 bits per heavy atom. The van der Waals surface area contributed by atoms with Gasteiger partial charge in [-0.25, -0.2) is 0 Å². The van der Waals surface area contributed by atoms with Crippen molar-refractivity contribution in [2.45, 2.75) is 19.4 Å². The van der Waals surface area contributed by atoms with Crippen LogP contribution in [-0.4, -0.2) is 49.6 Å². The molecule has 20 heavy (non-hydrogen) atoms. The van der Waals surface area contributed by atoms with Crippen molar-refractivity contribution in [1.82, 2.24) is 24.5 Å². The Hall–Kier alpha value is -1.09. The summed E-state index contributed by atoms with van der Waals surface area (Å²) < 4.78 is 28.4. The third kappa shape index (κ3) is 4.20. The summed E-state index contributed by atoms with van der Waals surface area (Å²) in [6.45, 7) is 2.26. The van der Waals surface area contributed by atoms with Crippen LogP contribution < -0.4 is 10.0 Å². The van der Waals surface area contributed by atoms with Crippen molar-refractivity contribution in [1.29, 1.82) is 0 Å². The van der Waals surface area contributed by atoms with Gasteiger partial charge < -0.3 is 5.32 Å². The zero-order valence-corrected chi connectivity index (χ0v) is 12.4. The molecule has 112 valence electrons. The molecule has 1 aromatic heterocycles. The van der Waals surface area contributed by atoms with Gasteiger partial charge in [0, 0.05) is 19.3 Å². The molecular formula is C12H21N5O2S. The van der Waals surface area contributed by atoms with Crippen molar-refractivity contribution in [3.63, 3.8) is 0 Å². The minimum absolute atomic E-state index is 0.173. The molecule has 0 saturated carbocycles. The standard InChI is InChI=1S/C12H21N5O2S/c1-13-9-11-4-7-17(8-5-11)20(18,19)15-10-12-3-2-6-14-16-12/h2-3,6,11,13,15H,4-5,7-10H2,1H3. The second kappa shape index (κ2) is 7.07. The first-order valence-electron chi connectivity index (χ1n) is 6.78. The monoisotopic (exact) mass is 299 g/mol. The van der Waals surface area contributed by atoms with Gasteiger partial charge >= 0.3 is 0 Å². The molecule has 2 rings (SSSR count). The van der Waals surface area contributed by atoms with E-state index in [9.17, 15) is 8.42 Å². The molecule has 1 aliphatic rings. The predicted octanol–water partition coefficient (Wildman–Crippen LogP) is -0.258. The first kappa shape index (κ1) is 15.3. The molecule has 0 aliphatic carbocycles. The lowest BCUT2D eigenvalue weighted by molar-refractivity contribution is 0.268. The molecule has 0 radical (unpaired) electrons. The molecule has 8 heteroatoms. The van der Waals surface area contributed by atoms with E-state index in [0.29, 0.717) is 24.7 Å². The maximum Gasteiger partial charge on any atom is 0.279 e. The van der Waals surface area contributed by atoms with Gasteiger partial charge in [-0.3, -0.25) is 0 Å². The van der Waals surface area contributed by atoms with E-state index in [0.717, 1.165) is 19.4 Å². The van der Waals surface area contributed by atoms with E-state index in [1.165, 1.54) is 4.31 Å². The quantitative estimate of drug-likeness (QED) is 0.756. The van der Waals surface area contributed by atoms with Gasteiger partial charge in [0.05, 0.1) is 12.2 Å². The maximum absolute atomic E-state index is 12.2. The van der Waals surface area contributed by atoms with Crippen LogP contribution in [0.25, 0.3) is 0 Å². The molecule has 1 aromatic rings. The van der Waals surface area contributed by atoms with Crippen LogP contribution in [0.1, 0.15) is 18.5 Å². The third-order valence-corrected chi connectivity index (χ3v) is 5.02. The Labute approximate surface area is 120 Å². The van der Waals surface area contributed by atoms with E-state index in [2.05, 4.69) is 20.2 Å². The summed E-state index contributed by atoms with van der Waals surface area (Å²) in [5.74, 6) is 0.562. The number of aromatic nitrogens is 2. The van der Waals surface area contributed by atoms with Crippen molar-refractivity contribution in [3.05, 3.63) is 24.0 Å². The van der Waals surface area contributed by atoms with Crippen LogP contribution in [0.15, 0.2) is 18.3 Å². The molecular weight excluding hydrogens is 278 g/mol. The highest BCUT2D eigenvalue weighted by molar-refractivity contribution is 7.87. The van der Waals surface area contributed by atoms with E-state index >= 15 is 0 Å². The van der Waals surface area contributed by atoms with Crippen LogP contribution in [0.3, 0.4) is 0 Å². The summed E-state index contributed by atoms with van der Waals surface area (Å²) in [5.41, 5.74) is 0.612. The normalized spacial score (nSPS) is 18.2. The Morgan fingerprint density at radius 3 is 2.75 bits per heavy atom. The average Bonchev–Trinajstić information content (AvgIpc) is 2.47. The summed E-state index contributed by atoms with van der Waals surface area (Å²) >= 11 is 0.